The predicted molar refractivity (Wildman–Crippen MR) is 77.3 cm³/mol. The van der Waals surface area contributed by atoms with Gasteiger partial charge in [0, 0.05) is 17.0 Å². The van der Waals surface area contributed by atoms with Crippen molar-refractivity contribution in [3.05, 3.63) is 48.4 Å². The van der Waals surface area contributed by atoms with Gasteiger partial charge < -0.3 is 5.32 Å². The fourth-order valence-corrected chi connectivity index (χ4v) is 2.82. The number of nitro benzene ring substituents is 1. The summed E-state index contributed by atoms with van der Waals surface area (Å²) in [6, 6.07) is 2.55. The average molecular weight is 318 g/mol. The molecule has 0 spiro atoms. The second-order valence-electron chi connectivity index (χ2n) is 3.76. The molecule has 1 N–H and O–H groups in total. The van der Waals surface area contributed by atoms with Crippen LogP contribution in [0, 0.1) is 17.0 Å². The van der Waals surface area contributed by atoms with Gasteiger partial charge in [0.1, 0.15) is 0 Å². The van der Waals surface area contributed by atoms with Crippen LogP contribution < -0.4 is 5.32 Å². The SMILES string of the molecule is Cc1ncsc1CNc1c(Cl)cc([N+](=O)[O-])cc1Cl. The van der Waals surface area contributed by atoms with Gasteiger partial charge in [-0.25, -0.2) is 4.98 Å². The number of benzene rings is 1. The summed E-state index contributed by atoms with van der Waals surface area (Å²) in [6.45, 7) is 2.43. The molecule has 0 aliphatic rings. The lowest BCUT2D eigenvalue weighted by Gasteiger charge is -2.09. The first-order valence-electron chi connectivity index (χ1n) is 5.25. The first-order valence-corrected chi connectivity index (χ1v) is 6.89. The maximum atomic E-state index is 10.7. The molecule has 1 aromatic carbocycles. The molecule has 0 saturated heterocycles. The van der Waals surface area contributed by atoms with E-state index in [-0.39, 0.29) is 15.7 Å². The fourth-order valence-electron chi connectivity index (χ4n) is 1.50. The van der Waals surface area contributed by atoms with Crippen LogP contribution >= 0.6 is 34.5 Å². The minimum Gasteiger partial charge on any atom is -0.378 e. The lowest BCUT2D eigenvalue weighted by Crippen LogP contribution is -2.01. The number of aromatic nitrogens is 1. The molecule has 1 heterocycles. The standard InChI is InChI=1S/C11H9Cl2N3O2S/c1-6-10(19-5-15-6)4-14-11-8(12)2-7(16(17)18)3-9(11)13/h2-3,5,14H,4H2,1H3. The van der Waals surface area contributed by atoms with E-state index in [1.807, 2.05) is 6.92 Å². The molecule has 0 bridgehead atoms. The highest BCUT2D eigenvalue weighted by atomic mass is 35.5. The third-order valence-corrected chi connectivity index (χ3v) is 4.04. The molecule has 19 heavy (non-hydrogen) atoms. The van der Waals surface area contributed by atoms with Crippen molar-refractivity contribution >= 4 is 45.9 Å². The van der Waals surface area contributed by atoms with Gasteiger partial charge in [0.2, 0.25) is 0 Å². The molecule has 8 heteroatoms. The highest BCUT2D eigenvalue weighted by molar-refractivity contribution is 7.09. The van der Waals surface area contributed by atoms with Crippen molar-refractivity contribution < 1.29 is 4.92 Å². The molecule has 0 saturated carbocycles. The highest BCUT2D eigenvalue weighted by Crippen LogP contribution is 2.35. The Hall–Kier alpha value is -1.37. The topological polar surface area (TPSA) is 68.1 Å². The van der Waals surface area contributed by atoms with Crippen LogP contribution in [-0.4, -0.2) is 9.91 Å². The maximum absolute atomic E-state index is 10.7. The molecule has 0 unspecified atom stereocenters. The Morgan fingerprint density at radius 2 is 2.05 bits per heavy atom. The van der Waals surface area contributed by atoms with Crippen molar-refractivity contribution in [1.29, 1.82) is 0 Å². The first-order chi connectivity index (χ1) is 8.99. The molecular weight excluding hydrogens is 309 g/mol. The lowest BCUT2D eigenvalue weighted by atomic mass is 10.2. The van der Waals surface area contributed by atoms with Crippen LogP contribution in [-0.2, 0) is 6.54 Å². The number of hydrogen-bond acceptors (Lipinski definition) is 5. The number of nitrogens with one attached hydrogen (secondary N) is 1. The largest absolute Gasteiger partial charge is 0.378 e. The molecule has 0 fully saturated rings. The van der Waals surface area contributed by atoms with E-state index in [0.717, 1.165) is 10.6 Å². The quantitative estimate of drug-likeness (QED) is 0.675. The van der Waals surface area contributed by atoms with Gasteiger partial charge in [0.25, 0.3) is 5.69 Å². The molecule has 100 valence electrons. The summed E-state index contributed by atoms with van der Waals surface area (Å²) in [6.07, 6.45) is 0. The molecule has 0 aliphatic heterocycles. The van der Waals surface area contributed by atoms with Crippen LogP contribution in [0.1, 0.15) is 10.6 Å². The van der Waals surface area contributed by atoms with Crippen molar-refractivity contribution in [3.8, 4) is 0 Å². The van der Waals surface area contributed by atoms with Crippen LogP contribution in [0.4, 0.5) is 11.4 Å². The van der Waals surface area contributed by atoms with E-state index >= 15 is 0 Å². The predicted octanol–water partition coefficient (Wildman–Crippen LogP) is 4.28. The van der Waals surface area contributed by atoms with Gasteiger partial charge >= 0.3 is 0 Å². The summed E-state index contributed by atoms with van der Waals surface area (Å²) in [5, 5.41) is 14.2. The van der Waals surface area contributed by atoms with Crippen LogP contribution in [0.15, 0.2) is 17.6 Å². The second kappa shape index (κ2) is 5.73. The number of anilines is 1. The van der Waals surface area contributed by atoms with E-state index in [1.54, 1.807) is 5.51 Å². The van der Waals surface area contributed by atoms with Gasteiger partial charge in [-0.3, -0.25) is 10.1 Å². The van der Waals surface area contributed by atoms with Crippen LogP contribution in [0.3, 0.4) is 0 Å². The Balaban J connectivity index is 2.21. The lowest BCUT2D eigenvalue weighted by molar-refractivity contribution is -0.384. The molecule has 0 aliphatic carbocycles. The van der Waals surface area contributed by atoms with E-state index in [4.69, 9.17) is 23.2 Å². The van der Waals surface area contributed by atoms with E-state index in [1.165, 1.54) is 23.5 Å². The van der Waals surface area contributed by atoms with Gasteiger partial charge in [-0.05, 0) is 6.92 Å². The van der Waals surface area contributed by atoms with E-state index in [9.17, 15) is 10.1 Å². The molecule has 0 amide bonds. The minimum absolute atomic E-state index is 0.130. The Kier molecular flexibility index (Phi) is 4.24. The molecule has 1 aromatic heterocycles. The zero-order valence-corrected chi connectivity index (χ0v) is 12.1. The van der Waals surface area contributed by atoms with Crippen molar-refractivity contribution in [2.75, 3.05) is 5.32 Å². The monoisotopic (exact) mass is 317 g/mol. The molecule has 0 atom stereocenters. The number of aryl methyl sites for hydroxylation is 1. The molecule has 5 nitrogen and oxygen atoms in total. The highest BCUT2D eigenvalue weighted by Gasteiger charge is 2.14. The summed E-state index contributed by atoms with van der Waals surface area (Å²) >= 11 is 13.5. The summed E-state index contributed by atoms with van der Waals surface area (Å²) in [5.74, 6) is 0. The number of non-ortho nitro benzene ring substituents is 1. The normalized spacial score (nSPS) is 10.5. The van der Waals surface area contributed by atoms with Crippen molar-refractivity contribution in [2.24, 2.45) is 0 Å². The third kappa shape index (κ3) is 3.15. The number of nitrogens with zero attached hydrogens (tertiary/aromatic N) is 2. The van der Waals surface area contributed by atoms with E-state index in [2.05, 4.69) is 10.3 Å². The average Bonchev–Trinajstić information content (AvgIpc) is 2.73. The number of nitro groups is 1. The van der Waals surface area contributed by atoms with E-state index in [0.29, 0.717) is 12.2 Å². The van der Waals surface area contributed by atoms with Gasteiger partial charge in [0.05, 0.1) is 38.4 Å². The Labute approximate surface area is 123 Å². The van der Waals surface area contributed by atoms with Gasteiger partial charge in [-0.1, -0.05) is 23.2 Å². The molecule has 0 radical (unpaired) electrons. The van der Waals surface area contributed by atoms with E-state index < -0.39 is 4.92 Å². The Morgan fingerprint density at radius 3 is 2.53 bits per heavy atom. The smallest absolute Gasteiger partial charge is 0.272 e. The van der Waals surface area contributed by atoms with Crippen LogP contribution in [0.25, 0.3) is 0 Å². The van der Waals surface area contributed by atoms with Crippen molar-refractivity contribution in [1.82, 2.24) is 4.98 Å². The molecular formula is C11H9Cl2N3O2S. The third-order valence-electron chi connectivity index (χ3n) is 2.51. The number of thiazole rings is 1. The van der Waals surface area contributed by atoms with Crippen LogP contribution in [0.2, 0.25) is 10.0 Å². The second-order valence-corrected chi connectivity index (χ2v) is 5.51. The van der Waals surface area contributed by atoms with Crippen molar-refractivity contribution in [3.63, 3.8) is 0 Å². The maximum Gasteiger partial charge on any atom is 0.272 e. The molecule has 2 rings (SSSR count). The van der Waals surface area contributed by atoms with Crippen molar-refractivity contribution in [2.45, 2.75) is 13.5 Å². The summed E-state index contributed by atoms with van der Waals surface area (Å²) in [5.41, 5.74) is 3.05. The van der Waals surface area contributed by atoms with Crippen LogP contribution in [0.5, 0.6) is 0 Å². The number of hydrogen-bond donors (Lipinski definition) is 1. The van der Waals surface area contributed by atoms with Gasteiger partial charge in [-0.15, -0.1) is 11.3 Å². The minimum atomic E-state index is -0.533. The first kappa shape index (κ1) is 14.0. The summed E-state index contributed by atoms with van der Waals surface area (Å²) in [4.78, 5) is 15.3. The van der Waals surface area contributed by atoms with Gasteiger partial charge in [-0.2, -0.15) is 0 Å². The summed E-state index contributed by atoms with van der Waals surface area (Å²) < 4.78 is 0. The molecule has 2 aromatic rings. The summed E-state index contributed by atoms with van der Waals surface area (Å²) in [7, 11) is 0. The Morgan fingerprint density at radius 1 is 1.42 bits per heavy atom. The fraction of sp³-hybridized carbons (Fsp3) is 0.182. The number of rotatable bonds is 4. The zero-order chi connectivity index (χ0) is 14.0. The zero-order valence-electron chi connectivity index (χ0n) is 9.81. The number of halogens is 2. The van der Waals surface area contributed by atoms with Gasteiger partial charge in [0.15, 0.2) is 0 Å². The Bertz CT molecular complexity index is 607.